The molecular formula is C22H28N2O5. The molecule has 0 aliphatic carbocycles. The maximum Gasteiger partial charge on any atom is 0.241 e. The molecule has 2 aromatic rings. The molecule has 0 radical (unpaired) electrons. The van der Waals surface area contributed by atoms with Crippen LogP contribution in [0.1, 0.15) is 25.0 Å². The lowest BCUT2D eigenvalue weighted by molar-refractivity contribution is -0.117. The maximum atomic E-state index is 12.1. The second-order valence-electron chi connectivity index (χ2n) is 6.31. The summed E-state index contributed by atoms with van der Waals surface area (Å²) in [7, 11) is 6.26. The number of carbonyl (C=O) groups excluding carboxylic acids is 1. The van der Waals surface area contributed by atoms with Gasteiger partial charge in [-0.2, -0.15) is 0 Å². The highest BCUT2D eigenvalue weighted by Crippen LogP contribution is 2.41. The molecule has 7 heteroatoms. The Labute approximate surface area is 171 Å². The predicted octanol–water partition coefficient (Wildman–Crippen LogP) is 3.46. The first-order chi connectivity index (χ1) is 13.9. The lowest BCUT2D eigenvalue weighted by Gasteiger charge is -2.17. The predicted molar refractivity (Wildman–Crippen MR) is 114 cm³/mol. The van der Waals surface area contributed by atoms with Crippen LogP contribution in [0.15, 0.2) is 36.4 Å². The number of ether oxygens (including phenoxy) is 4. The minimum absolute atomic E-state index is 0.296. The van der Waals surface area contributed by atoms with E-state index in [0.717, 1.165) is 16.7 Å². The lowest BCUT2D eigenvalue weighted by Crippen LogP contribution is -2.32. The number of hydrogen-bond donors (Lipinski definition) is 2. The van der Waals surface area contributed by atoms with E-state index in [0.29, 0.717) is 28.7 Å². The van der Waals surface area contributed by atoms with Crippen molar-refractivity contribution >= 4 is 17.2 Å². The second-order valence-corrected chi connectivity index (χ2v) is 6.31. The van der Waals surface area contributed by atoms with Gasteiger partial charge in [0.2, 0.25) is 11.7 Å². The van der Waals surface area contributed by atoms with Crippen molar-refractivity contribution in [2.75, 3.05) is 33.8 Å². The van der Waals surface area contributed by atoms with Gasteiger partial charge in [0.05, 0.1) is 40.2 Å². The van der Waals surface area contributed by atoms with Gasteiger partial charge < -0.3 is 30.0 Å². The van der Waals surface area contributed by atoms with Gasteiger partial charge in [0.1, 0.15) is 5.75 Å². The molecule has 0 spiro atoms. The molecule has 0 saturated heterocycles. The van der Waals surface area contributed by atoms with Gasteiger partial charge in [0.25, 0.3) is 0 Å². The molecule has 0 saturated carbocycles. The van der Waals surface area contributed by atoms with Crippen LogP contribution in [-0.4, -0.2) is 40.4 Å². The van der Waals surface area contributed by atoms with E-state index in [-0.39, 0.29) is 5.91 Å². The van der Waals surface area contributed by atoms with Crippen molar-refractivity contribution in [1.82, 2.24) is 0 Å². The Morgan fingerprint density at radius 3 is 1.97 bits per heavy atom. The van der Waals surface area contributed by atoms with E-state index in [1.54, 1.807) is 41.4 Å². The number of methoxy groups -OCH3 is 4. The summed E-state index contributed by atoms with van der Waals surface area (Å²) in [6.45, 7) is 3.56. The van der Waals surface area contributed by atoms with Crippen LogP contribution in [-0.2, 0) is 4.79 Å². The minimum Gasteiger partial charge on any atom is -0.495 e. The average Bonchev–Trinajstić information content (AvgIpc) is 2.73. The minimum atomic E-state index is -0.639. The van der Waals surface area contributed by atoms with Crippen LogP contribution >= 0.6 is 0 Å². The highest BCUT2D eigenvalue weighted by atomic mass is 16.5. The van der Waals surface area contributed by atoms with Gasteiger partial charge in [-0.25, -0.2) is 0 Å². The number of carbonyl (C=O) groups is 1. The molecular weight excluding hydrogens is 372 g/mol. The third kappa shape index (κ3) is 4.81. The van der Waals surface area contributed by atoms with Crippen molar-refractivity contribution in [1.29, 1.82) is 0 Å². The highest BCUT2D eigenvalue weighted by Gasteiger charge is 2.17. The first-order valence-corrected chi connectivity index (χ1v) is 9.11. The Bertz CT molecular complexity index is 881. The van der Waals surface area contributed by atoms with Crippen LogP contribution in [0.3, 0.4) is 0 Å². The molecule has 0 aliphatic rings. The Morgan fingerprint density at radius 2 is 1.52 bits per heavy atom. The van der Waals surface area contributed by atoms with E-state index < -0.39 is 6.04 Å². The van der Waals surface area contributed by atoms with E-state index in [4.69, 9.17) is 24.7 Å². The maximum absolute atomic E-state index is 12.1. The third-order valence-corrected chi connectivity index (χ3v) is 4.45. The fourth-order valence-electron chi connectivity index (χ4n) is 2.96. The van der Waals surface area contributed by atoms with Crippen molar-refractivity contribution in [2.45, 2.75) is 19.9 Å². The summed E-state index contributed by atoms with van der Waals surface area (Å²) in [5, 5.41) is 2.81. The van der Waals surface area contributed by atoms with Crippen molar-refractivity contribution in [2.24, 2.45) is 5.73 Å². The zero-order valence-corrected chi connectivity index (χ0v) is 17.7. The first-order valence-electron chi connectivity index (χ1n) is 9.11. The number of benzene rings is 2. The molecule has 156 valence electrons. The van der Waals surface area contributed by atoms with E-state index in [1.807, 2.05) is 37.3 Å². The van der Waals surface area contributed by atoms with E-state index >= 15 is 0 Å². The smallest absolute Gasteiger partial charge is 0.241 e. The van der Waals surface area contributed by atoms with Gasteiger partial charge in [-0.3, -0.25) is 4.79 Å². The molecule has 7 nitrogen and oxygen atoms in total. The number of nitrogens with two attached hydrogens (primary N) is 1. The molecule has 2 rings (SSSR count). The Kier molecular flexibility index (Phi) is 7.50. The zero-order chi connectivity index (χ0) is 21.6. The van der Waals surface area contributed by atoms with Gasteiger partial charge >= 0.3 is 0 Å². The van der Waals surface area contributed by atoms with Crippen molar-refractivity contribution < 1.29 is 23.7 Å². The number of rotatable bonds is 8. The third-order valence-electron chi connectivity index (χ3n) is 4.45. The summed E-state index contributed by atoms with van der Waals surface area (Å²) >= 11 is 0. The quantitative estimate of drug-likeness (QED) is 0.705. The van der Waals surface area contributed by atoms with Gasteiger partial charge in [0, 0.05) is 0 Å². The molecule has 0 unspecified atom stereocenters. The van der Waals surface area contributed by atoms with E-state index in [2.05, 4.69) is 5.32 Å². The number of hydrogen-bond acceptors (Lipinski definition) is 6. The summed E-state index contributed by atoms with van der Waals surface area (Å²) in [4.78, 5) is 12.1. The normalized spacial score (nSPS) is 12.2. The molecule has 0 heterocycles. The Balaban J connectivity index is 2.56. The molecule has 0 aromatic heterocycles. The number of allylic oxidation sites excluding steroid dienone is 1. The van der Waals surface area contributed by atoms with E-state index in [9.17, 15) is 4.79 Å². The van der Waals surface area contributed by atoms with E-state index in [1.165, 1.54) is 0 Å². The van der Waals surface area contributed by atoms with Crippen molar-refractivity contribution in [3.05, 3.63) is 47.5 Å². The van der Waals surface area contributed by atoms with Crippen LogP contribution in [0.5, 0.6) is 23.0 Å². The fraction of sp³-hybridized carbons (Fsp3) is 0.318. The topological polar surface area (TPSA) is 92.0 Å². The van der Waals surface area contributed by atoms with Crippen LogP contribution in [0, 0.1) is 0 Å². The molecule has 0 bridgehead atoms. The van der Waals surface area contributed by atoms with Crippen LogP contribution in [0.2, 0.25) is 0 Å². The lowest BCUT2D eigenvalue weighted by atomic mass is 9.96. The van der Waals surface area contributed by atoms with Crippen LogP contribution in [0.25, 0.3) is 5.57 Å². The van der Waals surface area contributed by atoms with Crippen LogP contribution < -0.4 is 30.0 Å². The van der Waals surface area contributed by atoms with Gasteiger partial charge in [0.15, 0.2) is 11.5 Å². The Morgan fingerprint density at radius 1 is 0.931 bits per heavy atom. The molecule has 1 atom stereocenters. The van der Waals surface area contributed by atoms with Crippen molar-refractivity contribution in [3.8, 4) is 23.0 Å². The van der Waals surface area contributed by atoms with Gasteiger partial charge in [-0.05, 0) is 54.8 Å². The standard InChI is InChI=1S/C22H28N2O5/c1-7-16(15-11-19(27-4)21(29-6)20(12-15)28-5)14-8-9-18(26-3)17(10-14)24-22(25)13(2)23/h7-13H,23H2,1-6H3,(H,24,25)/b16-7+/t13-/m0/s1. The van der Waals surface area contributed by atoms with Gasteiger partial charge in [-0.15, -0.1) is 0 Å². The average molecular weight is 400 g/mol. The summed E-state index contributed by atoms with van der Waals surface area (Å²) < 4.78 is 21.7. The van der Waals surface area contributed by atoms with Gasteiger partial charge in [-0.1, -0.05) is 12.1 Å². The molecule has 0 aliphatic heterocycles. The molecule has 0 fully saturated rings. The number of amides is 1. The largest absolute Gasteiger partial charge is 0.495 e. The summed E-state index contributed by atoms with van der Waals surface area (Å²) in [5.74, 6) is 1.88. The fourth-order valence-corrected chi connectivity index (χ4v) is 2.96. The Hall–Kier alpha value is -3.19. The zero-order valence-electron chi connectivity index (χ0n) is 17.7. The first kappa shape index (κ1) is 22.1. The molecule has 1 amide bonds. The molecule has 3 N–H and O–H groups in total. The van der Waals surface area contributed by atoms with Crippen LogP contribution in [0.4, 0.5) is 5.69 Å². The summed E-state index contributed by atoms with van der Waals surface area (Å²) in [5.41, 5.74) is 8.89. The SMILES string of the molecule is C/C=C(\c1ccc(OC)c(NC(=O)[C@H](C)N)c1)c1cc(OC)c(OC)c(OC)c1. The number of nitrogens with one attached hydrogen (secondary N) is 1. The monoisotopic (exact) mass is 400 g/mol. The summed E-state index contributed by atoms with van der Waals surface area (Å²) in [6.07, 6.45) is 1.97. The number of anilines is 1. The second kappa shape index (κ2) is 9.84. The summed E-state index contributed by atoms with van der Waals surface area (Å²) in [6, 6.07) is 8.67. The molecule has 29 heavy (non-hydrogen) atoms. The molecule has 2 aromatic carbocycles. The van der Waals surface area contributed by atoms with Crippen molar-refractivity contribution in [3.63, 3.8) is 0 Å². The highest BCUT2D eigenvalue weighted by molar-refractivity contribution is 5.96.